The fourth-order valence-electron chi connectivity index (χ4n) is 3.74. The van der Waals surface area contributed by atoms with Gasteiger partial charge in [-0.1, -0.05) is 17.3 Å². The van der Waals surface area contributed by atoms with Gasteiger partial charge in [-0.05, 0) is 26.0 Å². The first kappa shape index (κ1) is 22.8. The van der Waals surface area contributed by atoms with Crippen LogP contribution >= 0.6 is 0 Å². The second-order valence-corrected chi connectivity index (χ2v) is 7.96. The van der Waals surface area contributed by atoms with Crippen LogP contribution < -0.4 is 5.32 Å². The Morgan fingerprint density at radius 1 is 1.18 bits per heavy atom. The number of aromatic nitrogens is 4. The van der Waals surface area contributed by atoms with Gasteiger partial charge in [-0.3, -0.25) is 14.9 Å². The number of carbonyl (C=O) groups is 1. The highest BCUT2D eigenvalue weighted by Gasteiger charge is 2.31. The fourth-order valence-corrected chi connectivity index (χ4v) is 3.74. The number of urea groups is 1. The third-order valence-corrected chi connectivity index (χ3v) is 5.63. The Labute approximate surface area is 188 Å². The molecule has 33 heavy (non-hydrogen) atoms. The molecule has 0 saturated carbocycles. The molecule has 1 atom stereocenters. The molecule has 3 aromatic rings. The molecule has 0 bridgehead atoms. The minimum atomic E-state index is -4.45. The molecule has 176 valence electrons. The van der Waals surface area contributed by atoms with Crippen molar-refractivity contribution in [3.05, 3.63) is 47.5 Å². The summed E-state index contributed by atoms with van der Waals surface area (Å²) in [7, 11) is 1.76. The van der Waals surface area contributed by atoms with E-state index in [1.807, 2.05) is 13.8 Å². The van der Waals surface area contributed by atoms with E-state index in [4.69, 9.17) is 4.52 Å². The van der Waals surface area contributed by atoms with Crippen LogP contribution in [0.3, 0.4) is 0 Å². The molecule has 2 amide bonds. The summed E-state index contributed by atoms with van der Waals surface area (Å²) in [5.41, 5.74) is 0.282. The van der Waals surface area contributed by atoms with Crippen LogP contribution in [0.1, 0.15) is 30.1 Å². The molecule has 3 heterocycles. The molecule has 12 heteroatoms. The molecule has 1 fully saturated rings. The maximum absolute atomic E-state index is 13.0. The smallest absolute Gasteiger partial charge is 0.337 e. The Balaban J connectivity index is 1.37. The first-order valence-corrected chi connectivity index (χ1v) is 10.4. The number of piperazine rings is 1. The number of carbonyl (C=O) groups excluding carboxylic acids is 1. The number of rotatable bonds is 4. The molecule has 4 rings (SSSR count). The lowest BCUT2D eigenvalue weighted by Crippen LogP contribution is -2.50. The van der Waals surface area contributed by atoms with Crippen LogP contribution in [0.5, 0.6) is 0 Å². The van der Waals surface area contributed by atoms with Gasteiger partial charge in [0, 0.05) is 44.9 Å². The molecule has 1 aliphatic heterocycles. The van der Waals surface area contributed by atoms with Crippen molar-refractivity contribution in [1.29, 1.82) is 0 Å². The van der Waals surface area contributed by atoms with E-state index in [1.54, 1.807) is 22.7 Å². The van der Waals surface area contributed by atoms with E-state index in [0.717, 1.165) is 17.8 Å². The van der Waals surface area contributed by atoms with Crippen molar-refractivity contribution in [2.75, 3.05) is 31.5 Å². The van der Waals surface area contributed by atoms with Crippen molar-refractivity contribution in [1.82, 2.24) is 29.7 Å². The lowest BCUT2D eigenvalue weighted by molar-refractivity contribution is -0.137. The quantitative estimate of drug-likeness (QED) is 0.634. The Morgan fingerprint density at radius 2 is 1.91 bits per heavy atom. The van der Waals surface area contributed by atoms with Gasteiger partial charge >= 0.3 is 12.2 Å². The van der Waals surface area contributed by atoms with Crippen molar-refractivity contribution in [2.24, 2.45) is 7.05 Å². The summed E-state index contributed by atoms with van der Waals surface area (Å²) in [4.78, 5) is 20.7. The van der Waals surface area contributed by atoms with Gasteiger partial charge in [0.2, 0.25) is 11.7 Å². The van der Waals surface area contributed by atoms with E-state index >= 15 is 0 Å². The summed E-state index contributed by atoms with van der Waals surface area (Å²) in [6.07, 6.45) is -4.45. The zero-order valence-electron chi connectivity index (χ0n) is 18.4. The summed E-state index contributed by atoms with van der Waals surface area (Å²) in [6, 6.07) is 6.17. The second-order valence-electron chi connectivity index (χ2n) is 7.96. The number of anilines is 1. The van der Waals surface area contributed by atoms with Crippen LogP contribution in [0.25, 0.3) is 11.4 Å². The number of hydrogen-bond acceptors (Lipinski definition) is 6. The average Bonchev–Trinajstić information content (AvgIpc) is 3.39. The topological polar surface area (TPSA) is 92.3 Å². The van der Waals surface area contributed by atoms with E-state index in [9.17, 15) is 18.0 Å². The standard InChI is InChI=1S/C21H24F3N7O2/c1-13-11-17(29(3)27-13)25-20(32)31-9-7-30(8-10-31)14(2)19-26-18(28-33-19)15-5-4-6-16(12-15)21(22,23)24/h4-6,11-12,14H,7-10H2,1-3H3,(H,25,32). The molecule has 9 nitrogen and oxygen atoms in total. The number of halogens is 3. The highest BCUT2D eigenvalue weighted by Crippen LogP contribution is 2.32. The van der Waals surface area contributed by atoms with Gasteiger partial charge in [-0.15, -0.1) is 0 Å². The predicted molar refractivity (Wildman–Crippen MR) is 113 cm³/mol. The summed E-state index contributed by atoms with van der Waals surface area (Å²) in [6.45, 7) is 5.91. The molecule has 1 unspecified atom stereocenters. The number of hydrogen-bond donors (Lipinski definition) is 1. The average molecular weight is 463 g/mol. The normalized spacial score (nSPS) is 16.1. The van der Waals surface area contributed by atoms with E-state index in [-0.39, 0.29) is 23.5 Å². The number of aryl methyl sites for hydroxylation is 2. The molecule has 0 aliphatic carbocycles. The van der Waals surface area contributed by atoms with Crippen LogP contribution in [0, 0.1) is 6.92 Å². The monoisotopic (exact) mass is 463 g/mol. The number of amides is 2. The van der Waals surface area contributed by atoms with Crippen LogP contribution in [0.15, 0.2) is 34.9 Å². The van der Waals surface area contributed by atoms with E-state index in [2.05, 4.69) is 25.5 Å². The first-order valence-electron chi connectivity index (χ1n) is 10.4. The second kappa shape index (κ2) is 8.85. The molecule has 2 aromatic heterocycles. The molecule has 1 saturated heterocycles. The van der Waals surface area contributed by atoms with E-state index in [0.29, 0.717) is 37.9 Å². The molecule has 1 aromatic carbocycles. The Bertz CT molecular complexity index is 1130. The number of benzene rings is 1. The SMILES string of the molecule is Cc1cc(NC(=O)N2CCN(C(C)c3nc(-c4cccc(C(F)(F)F)c4)no3)CC2)n(C)n1. The third kappa shape index (κ3) is 5.00. The fraction of sp³-hybridized carbons (Fsp3) is 0.429. The molecule has 0 radical (unpaired) electrons. The number of nitrogens with zero attached hydrogens (tertiary/aromatic N) is 6. The highest BCUT2D eigenvalue weighted by molar-refractivity contribution is 5.88. The van der Waals surface area contributed by atoms with Gasteiger partial charge in [0.05, 0.1) is 17.3 Å². The Hall–Kier alpha value is -3.41. The van der Waals surface area contributed by atoms with E-state index < -0.39 is 11.7 Å². The minimum absolute atomic E-state index is 0.104. The highest BCUT2D eigenvalue weighted by atomic mass is 19.4. The number of nitrogens with one attached hydrogen (secondary N) is 1. The van der Waals surface area contributed by atoms with Gasteiger partial charge in [-0.25, -0.2) is 4.79 Å². The largest absolute Gasteiger partial charge is 0.416 e. The van der Waals surface area contributed by atoms with Crippen molar-refractivity contribution < 1.29 is 22.5 Å². The van der Waals surface area contributed by atoms with Crippen molar-refractivity contribution in [3.8, 4) is 11.4 Å². The van der Waals surface area contributed by atoms with E-state index in [1.165, 1.54) is 12.1 Å². The van der Waals surface area contributed by atoms with Gasteiger partial charge in [0.15, 0.2) is 0 Å². The molecule has 1 aliphatic rings. The summed E-state index contributed by atoms with van der Waals surface area (Å²) in [5, 5.41) is 10.9. The number of alkyl halides is 3. The molecule has 0 spiro atoms. The van der Waals surface area contributed by atoms with Crippen molar-refractivity contribution in [3.63, 3.8) is 0 Å². The first-order chi connectivity index (χ1) is 15.6. The maximum Gasteiger partial charge on any atom is 0.416 e. The third-order valence-electron chi connectivity index (χ3n) is 5.63. The molecular formula is C21H24F3N7O2. The van der Waals surface area contributed by atoms with Crippen LogP contribution in [-0.4, -0.2) is 61.9 Å². The maximum atomic E-state index is 13.0. The van der Waals surface area contributed by atoms with Crippen molar-refractivity contribution in [2.45, 2.75) is 26.1 Å². The molecule has 1 N–H and O–H groups in total. The van der Waals surface area contributed by atoms with Gasteiger partial charge in [-0.2, -0.15) is 23.3 Å². The summed E-state index contributed by atoms with van der Waals surface area (Å²) < 4.78 is 45.9. The van der Waals surface area contributed by atoms with Crippen LogP contribution in [0.4, 0.5) is 23.8 Å². The van der Waals surface area contributed by atoms with Gasteiger partial charge < -0.3 is 9.42 Å². The van der Waals surface area contributed by atoms with Gasteiger partial charge in [0.25, 0.3) is 0 Å². The summed E-state index contributed by atoms with van der Waals surface area (Å²) in [5.74, 6) is 1.04. The van der Waals surface area contributed by atoms with Crippen molar-refractivity contribution >= 4 is 11.8 Å². The van der Waals surface area contributed by atoms with Crippen LogP contribution in [0.2, 0.25) is 0 Å². The Kier molecular flexibility index (Phi) is 6.11. The summed E-state index contributed by atoms with van der Waals surface area (Å²) >= 11 is 0. The lowest BCUT2D eigenvalue weighted by Gasteiger charge is -2.36. The predicted octanol–water partition coefficient (Wildman–Crippen LogP) is 3.71. The zero-order valence-corrected chi connectivity index (χ0v) is 18.4. The Morgan fingerprint density at radius 3 is 2.55 bits per heavy atom. The van der Waals surface area contributed by atoms with Crippen LogP contribution in [-0.2, 0) is 13.2 Å². The minimum Gasteiger partial charge on any atom is -0.337 e. The zero-order chi connectivity index (χ0) is 23.8. The lowest BCUT2D eigenvalue weighted by atomic mass is 10.1. The van der Waals surface area contributed by atoms with Gasteiger partial charge in [0.1, 0.15) is 5.82 Å². The molecular weight excluding hydrogens is 439 g/mol.